The van der Waals surface area contributed by atoms with Crippen LogP contribution >= 0.6 is 11.3 Å². The Balaban J connectivity index is 1.39. The normalized spacial score (nSPS) is 13.8. The van der Waals surface area contributed by atoms with Crippen LogP contribution in [0.5, 0.6) is 0 Å². The number of hydrogen-bond donors (Lipinski definition) is 1. The molecule has 0 unspecified atom stereocenters. The predicted molar refractivity (Wildman–Crippen MR) is 104 cm³/mol. The highest BCUT2D eigenvalue weighted by Crippen LogP contribution is 2.25. The Labute approximate surface area is 159 Å². The highest BCUT2D eigenvalue weighted by atomic mass is 32.1. The molecule has 2 aromatic carbocycles. The first-order chi connectivity index (χ1) is 13.2. The second-order valence-electron chi connectivity index (χ2n) is 6.75. The zero-order chi connectivity index (χ0) is 18.4. The zero-order valence-electron chi connectivity index (χ0n) is 14.4. The number of carbonyl (C=O) groups is 1. The van der Waals surface area contributed by atoms with Crippen molar-refractivity contribution >= 4 is 22.2 Å². The van der Waals surface area contributed by atoms with Gasteiger partial charge in [-0.3, -0.25) is 9.20 Å². The van der Waals surface area contributed by atoms with E-state index in [2.05, 4.69) is 22.4 Å². The molecule has 1 amide bonds. The van der Waals surface area contributed by atoms with E-state index in [0.717, 1.165) is 29.1 Å². The summed E-state index contributed by atoms with van der Waals surface area (Å²) in [4.78, 5) is 18.1. The fourth-order valence-corrected chi connectivity index (χ4v) is 4.48. The first kappa shape index (κ1) is 16.2. The van der Waals surface area contributed by atoms with E-state index >= 15 is 0 Å². The van der Waals surface area contributed by atoms with Gasteiger partial charge in [0.1, 0.15) is 11.5 Å². The summed E-state index contributed by atoms with van der Waals surface area (Å²) < 4.78 is 14.9. The van der Waals surface area contributed by atoms with Crippen molar-refractivity contribution in [2.24, 2.45) is 0 Å². The molecular weight excluding hydrogens is 361 g/mol. The van der Waals surface area contributed by atoms with Gasteiger partial charge in [-0.05, 0) is 48.2 Å². The summed E-state index contributed by atoms with van der Waals surface area (Å²) >= 11 is 1.42. The van der Waals surface area contributed by atoms with Gasteiger partial charge in [0, 0.05) is 23.2 Å². The number of amides is 1. The molecular formula is C21H16FN3OS. The van der Waals surface area contributed by atoms with Gasteiger partial charge in [-0.1, -0.05) is 24.3 Å². The van der Waals surface area contributed by atoms with Crippen LogP contribution in [0.2, 0.25) is 0 Å². The Bertz CT molecular complexity index is 1120. The van der Waals surface area contributed by atoms with Crippen LogP contribution < -0.4 is 5.32 Å². The maximum Gasteiger partial charge on any atom is 0.269 e. The summed E-state index contributed by atoms with van der Waals surface area (Å²) in [5, 5.41) is 4.97. The minimum absolute atomic E-state index is 0.0953. The summed E-state index contributed by atoms with van der Waals surface area (Å²) in [5.74, 6) is -0.375. The minimum atomic E-state index is -0.280. The molecule has 5 rings (SSSR count). The van der Waals surface area contributed by atoms with Crippen molar-refractivity contribution in [1.82, 2.24) is 14.7 Å². The number of fused-ring (bicyclic) bond motifs is 2. The average molecular weight is 377 g/mol. The first-order valence-electron chi connectivity index (χ1n) is 8.77. The Morgan fingerprint density at radius 3 is 2.52 bits per heavy atom. The molecule has 6 heteroatoms. The van der Waals surface area contributed by atoms with Crippen LogP contribution in [0.1, 0.15) is 21.6 Å². The topological polar surface area (TPSA) is 46.4 Å². The van der Waals surface area contributed by atoms with E-state index in [0.29, 0.717) is 5.69 Å². The molecule has 0 saturated heterocycles. The molecule has 0 fully saturated rings. The lowest BCUT2D eigenvalue weighted by Crippen LogP contribution is -2.35. The fourth-order valence-electron chi connectivity index (χ4n) is 3.63. The van der Waals surface area contributed by atoms with Crippen LogP contribution in [0.25, 0.3) is 16.2 Å². The zero-order valence-corrected chi connectivity index (χ0v) is 15.2. The summed E-state index contributed by atoms with van der Waals surface area (Å²) in [6.07, 6.45) is 3.55. The summed E-state index contributed by atoms with van der Waals surface area (Å²) in [7, 11) is 0. The van der Waals surface area contributed by atoms with Gasteiger partial charge in [-0.2, -0.15) is 0 Å². The first-order valence-corrected chi connectivity index (χ1v) is 9.65. The number of imidazole rings is 1. The molecule has 4 aromatic rings. The van der Waals surface area contributed by atoms with Crippen molar-refractivity contribution in [1.29, 1.82) is 0 Å². The molecule has 1 N–H and O–H groups in total. The van der Waals surface area contributed by atoms with Crippen molar-refractivity contribution in [3.05, 3.63) is 82.7 Å². The molecule has 0 bridgehead atoms. The van der Waals surface area contributed by atoms with E-state index in [1.807, 2.05) is 23.7 Å². The molecule has 0 atom stereocenters. The Morgan fingerprint density at radius 1 is 1.11 bits per heavy atom. The van der Waals surface area contributed by atoms with E-state index in [-0.39, 0.29) is 17.8 Å². The van der Waals surface area contributed by atoms with Crippen molar-refractivity contribution in [2.75, 3.05) is 0 Å². The van der Waals surface area contributed by atoms with Gasteiger partial charge >= 0.3 is 0 Å². The second kappa shape index (κ2) is 6.32. The standard InChI is InChI=1S/C21H16FN3OS/c22-16-7-5-13(6-8-16)18-11-25-19(12-27-21(25)24-18)20(26)23-17-9-14-3-1-2-4-15(14)10-17/h1-8,11-12,17H,9-10H2,(H,23,26). The maximum atomic E-state index is 13.1. The van der Waals surface area contributed by atoms with Crippen molar-refractivity contribution < 1.29 is 9.18 Å². The summed E-state index contributed by atoms with van der Waals surface area (Å²) in [5.41, 5.74) is 4.74. The molecule has 4 nitrogen and oxygen atoms in total. The molecule has 0 aliphatic heterocycles. The predicted octanol–water partition coefficient (Wildman–Crippen LogP) is 4.10. The highest BCUT2D eigenvalue weighted by Gasteiger charge is 2.24. The Hall–Kier alpha value is -2.99. The van der Waals surface area contributed by atoms with E-state index < -0.39 is 0 Å². The third kappa shape index (κ3) is 2.92. The number of benzene rings is 2. The number of rotatable bonds is 3. The maximum absolute atomic E-state index is 13.1. The van der Waals surface area contributed by atoms with Gasteiger partial charge in [0.05, 0.1) is 5.69 Å². The Morgan fingerprint density at radius 2 is 1.81 bits per heavy atom. The number of nitrogens with zero attached hydrogens (tertiary/aromatic N) is 2. The average Bonchev–Trinajstić information content (AvgIpc) is 3.35. The van der Waals surface area contributed by atoms with Crippen LogP contribution in [0.3, 0.4) is 0 Å². The molecule has 27 heavy (non-hydrogen) atoms. The minimum Gasteiger partial charge on any atom is -0.347 e. The third-order valence-electron chi connectivity index (χ3n) is 4.97. The van der Waals surface area contributed by atoms with Crippen LogP contribution in [0.4, 0.5) is 4.39 Å². The van der Waals surface area contributed by atoms with Crippen molar-refractivity contribution in [3.8, 4) is 11.3 Å². The molecule has 2 aromatic heterocycles. The van der Waals surface area contributed by atoms with Gasteiger partial charge in [-0.15, -0.1) is 11.3 Å². The van der Waals surface area contributed by atoms with Crippen LogP contribution in [0.15, 0.2) is 60.1 Å². The van der Waals surface area contributed by atoms with Crippen LogP contribution in [0, 0.1) is 5.82 Å². The molecule has 1 aliphatic carbocycles. The SMILES string of the molecule is O=C(NC1Cc2ccccc2C1)c1csc2nc(-c3ccc(F)cc3)cn12. The number of carbonyl (C=O) groups excluding carboxylic acids is 1. The molecule has 0 saturated carbocycles. The van der Waals surface area contributed by atoms with Crippen molar-refractivity contribution in [3.63, 3.8) is 0 Å². The van der Waals surface area contributed by atoms with Gasteiger partial charge in [0.2, 0.25) is 0 Å². The monoisotopic (exact) mass is 377 g/mol. The number of aromatic nitrogens is 2. The van der Waals surface area contributed by atoms with Gasteiger partial charge < -0.3 is 5.32 Å². The van der Waals surface area contributed by atoms with E-state index in [9.17, 15) is 9.18 Å². The van der Waals surface area contributed by atoms with E-state index in [1.54, 1.807) is 16.5 Å². The second-order valence-corrected chi connectivity index (χ2v) is 7.59. The smallest absolute Gasteiger partial charge is 0.269 e. The van der Waals surface area contributed by atoms with E-state index in [4.69, 9.17) is 0 Å². The number of hydrogen-bond acceptors (Lipinski definition) is 3. The molecule has 0 radical (unpaired) electrons. The quantitative estimate of drug-likeness (QED) is 0.584. The molecule has 2 heterocycles. The third-order valence-corrected chi connectivity index (χ3v) is 5.81. The lowest BCUT2D eigenvalue weighted by molar-refractivity contribution is 0.0933. The molecule has 0 spiro atoms. The van der Waals surface area contributed by atoms with Gasteiger partial charge in [0.15, 0.2) is 4.96 Å². The van der Waals surface area contributed by atoms with Gasteiger partial charge in [-0.25, -0.2) is 9.37 Å². The Kier molecular flexibility index (Phi) is 3.79. The van der Waals surface area contributed by atoms with Crippen molar-refractivity contribution in [2.45, 2.75) is 18.9 Å². The summed E-state index contributed by atoms with van der Waals surface area (Å²) in [6, 6.07) is 14.6. The number of nitrogens with one attached hydrogen (secondary N) is 1. The van der Waals surface area contributed by atoms with Crippen LogP contribution in [-0.2, 0) is 12.8 Å². The van der Waals surface area contributed by atoms with E-state index in [1.165, 1.54) is 34.6 Å². The number of thiazole rings is 1. The highest BCUT2D eigenvalue weighted by molar-refractivity contribution is 7.15. The largest absolute Gasteiger partial charge is 0.347 e. The van der Waals surface area contributed by atoms with Gasteiger partial charge in [0.25, 0.3) is 5.91 Å². The molecule has 134 valence electrons. The van der Waals surface area contributed by atoms with Crippen LogP contribution in [-0.4, -0.2) is 21.3 Å². The number of halogens is 1. The lowest BCUT2D eigenvalue weighted by Gasteiger charge is -2.11. The molecule has 1 aliphatic rings. The lowest BCUT2D eigenvalue weighted by atomic mass is 10.1. The summed E-state index contributed by atoms with van der Waals surface area (Å²) in [6.45, 7) is 0. The fraction of sp³-hybridized carbons (Fsp3) is 0.143.